The van der Waals surface area contributed by atoms with E-state index in [4.69, 9.17) is 4.74 Å². The molecule has 12 nitrogen and oxygen atoms in total. The van der Waals surface area contributed by atoms with Gasteiger partial charge in [-0.3, -0.25) is 14.3 Å². The lowest BCUT2D eigenvalue weighted by atomic mass is 9.86. The lowest BCUT2D eigenvalue weighted by Crippen LogP contribution is -2.20. The van der Waals surface area contributed by atoms with E-state index < -0.39 is 15.9 Å². The average molecular weight is 582 g/mol. The summed E-state index contributed by atoms with van der Waals surface area (Å²) in [6.07, 6.45) is 2.69. The molecule has 0 saturated heterocycles. The van der Waals surface area contributed by atoms with Crippen molar-refractivity contribution < 1.29 is 22.7 Å². The SMILES string of the molecule is COc1c(NC(=O)c2ccc(C)c(N3CC(c4cnc(C(C)=O)n4C)N=N3)c2)cc(C(C)(C)C)cc1NS(C)(=O)=O. The Bertz CT molecular complexity index is 1650. The van der Waals surface area contributed by atoms with Crippen LogP contribution >= 0.6 is 0 Å². The molecule has 1 unspecified atom stereocenters. The normalized spacial score (nSPS) is 15.2. The molecule has 0 bridgehead atoms. The number of Topliss-reactive ketones (excluding diaryl/α,β-unsaturated/α-hetero) is 1. The Morgan fingerprint density at radius 2 is 1.80 bits per heavy atom. The maximum Gasteiger partial charge on any atom is 0.255 e. The molecule has 1 aromatic heterocycles. The second-order valence-corrected chi connectivity index (χ2v) is 12.9. The number of imidazole rings is 1. The fraction of sp³-hybridized carbons (Fsp3) is 0.393. The van der Waals surface area contributed by atoms with Crippen LogP contribution in [0, 0.1) is 6.92 Å². The summed E-state index contributed by atoms with van der Waals surface area (Å²) >= 11 is 0. The number of rotatable bonds is 8. The molecule has 13 heteroatoms. The monoisotopic (exact) mass is 581 g/mol. The van der Waals surface area contributed by atoms with Gasteiger partial charge in [0.1, 0.15) is 6.04 Å². The number of ether oxygens (including phenoxy) is 1. The number of sulfonamides is 1. The highest BCUT2D eigenvalue weighted by Gasteiger charge is 2.28. The van der Waals surface area contributed by atoms with E-state index in [0.717, 1.165) is 23.1 Å². The Labute approximate surface area is 239 Å². The third-order valence-electron chi connectivity index (χ3n) is 6.78. The number of hydrogen-bond acceptors (Lipinski definition) is 9. The maximum atomic E-state index is 13.5. The predicted octanol–water partition coefficient (Wildman–Crippen LogP) is 4.79. The van der Waals surface area contributed by atoms with Gasteiger partial charge in [-0.15, -0.1) is 0 Å². The van der Waals surface area contributed by atoms with Crippen molar-refractivity contribution in [1.82, 2.24) is 9.55 Å². The fourth-order valence-electron chi connectivity index (χ4n) is 4.59. The van der Waals surface area contributed by atoms with Gasteiger partial charge in [0.05, 0.1) is 48.9 Å². The van der Waals surface area contributed by atoms with Crippen molar-refractivity contribution in [2.45, 2.75) is 46.1 Å². The Hall–Kier alpha value is -4.26. The zero-order chi connectivity index (χ0) is 30.3. The molecule has 2 aromatic carbocycles. The van der Waals surface area contributed by atoms with Gasteiger partial charge in [-0.05, 0) is 47.7 Å². The van der Waals surface area contributed by atoms with Crippen LogP contribution in [0.1, 0.15) is 71.5 Å². The van der Waals surface area contributed by atoms with Crippen molar-refractivity contribution >= 4 is 38.8 Å². The number of benzene rings is 2. The van der Waals surface area contributed by atoms with Gasteiger partial charge in [0.15, 0.2) is 17.4 Å². The lowest BCUT2D eigenvalue weighted by Gasteiger charge is -2.24. The van der Waals surface area contributed by atoms with E-state index in [-0.39, 0.29) is 28.7 Å². The first-order chi connectivity index (χ1) is 19.1. The lowest BCUT2D eigenvalue weighted by molar-refractivity contribution is 0.0997. The van der Waals surface area contributed by atoms with Gasteiger partial charge in [-0.2, -0.15) is 5.11 Å². The quantitative estimate of drug-likeness (QED) is 0.364. The maximum absolute atomic E-state index is 13.5. The van der Waals surface area contributed by atoms with Crippen LogP contribution < -0.4 is 19.8 Å². The molecular formula is C28H35N7O5S. The van der Waals surface area contributed by atoms with E-state index in [0.29, 0.717) is 29.3 Å². The predicted molar refractivity (Wildman–Crippen MR) is 157 cm³/mol. The van der Waals surface area contributed by atoms with Crippen molar-refractivity contribution in [1.29, 1.82) is 0 Å². The van der Waals surface area contributed by atoms with Gasteiger partial charge in [0, 0.05) is 19.5 Å². The summed E-state index contributed by atoms with van der Waals surface area (Å²) in [6, 6.07) is 8.41. The van der Waals surface area contributed by atoms with Crippen LogP contribution in [-0.4, -0.2) is 49.6 Å². The Kier molecular flexibility index (Phi) is 7.94. The van der Waals surface area contributed by atoms with Crippen LogP contribution in [0.3, 0.4) is 0 Å². The molecule has 1 amide bonds. The molecule has 2 heterocycles. The van der Waals surface area contributed by atoms with Crippen LogP contribution in [0.2, 0.25) is 0 Å². The van der Waals surface area contributed by atoms with E-state index in [1.165, 1.54) is 14.0 Å². The van der Waals surface area contributed by atoms with E-state index in [9.17, 15) is 18.0 Å². The van der Waals surface area contributed by atoms with Crippen molar-refractivity contribution in [3.63, 3.8) is 0 Å². The summed E-state index contributed by atoms with van der Waals surface area (Å²) in [5.74, 6) is 0.000996. The van der Waals surface area contributed by atoms with Gasteiger partial charge in [-0.25, -0.2) is 18.4 Å². The van der Waals surface area contributed by atoms with Gasteiger partial charge >= 0.3 is 0 Å². The molecule has 3 aromatic rings. The molecule has 1 aliphatic rings. The van der Waals surface area contributed by atoms with Crippen molar-refractivity contribution in [3.8, 4) is 5.75 Å². The summed E-state index contributed by atoms with van der Waals surface area (Å²) < 4.78 is 33.8. The van der Waals surface area contributed by atoms with E-state index in [2.05, 4.69) is 25.4 Å². The number of amides is 1. The Morgan fingerprint density at radius 1 is 1.12 bits per heavy atom. The topological polar surface area (TPSA) is 147 Å². The first-order valence-corrected chi connectivity index (χ1v) is 14.8. The molecule has 218 valence electrons. The van der Waals surface area contributed by atoms with Gasteiger partial charge in [-0.1, -0.05) is 32.1 Å². The number of hydrogen-bond donors (Lipinski definition) is 2. The van der Waals surface area contributed by atoms with Crippen LogP contribution in [0.4, 0.5) is 17.1 Å². The number of nitrogens with zero attached hydrogens (tertiary/aromatic N) is 5. The summed E-state index contributed by atoms with van der Waals surface area (Å²) in [7, 11) is -0.426. The Balaban J connectivity index is 1.63. The summed E-state index contributed by atoms with van der Waals surface area (Å²) in [5.41, 5.74) is 3.74. The number of anilines is 3. The minimum Gasteiger partial charge on any atom is -0.492 e. The molecule has 0 spiro atoms. The second-order valence-electron chi connectivity index (χ2n) is 11.1. The number of aryl methyl sites for hydroxylation is 1. The number of carbonyl (C=O) groups excluding carboxylic acids is 2. The summed E-state index contributed by atoms with van der Waals surface area (Å²) in [6.45, 7) is 9.75. The van der Waals surface area contributed by atoms with Crippen molar-refractivity contribution in [3.05, 3.63) is 64.7 Å². The number of nitrogens with one attached hydrogen (secondary N) is 2. The first kappa shape index (κ1) is 29.7. The molecule has 2 N–H and O–H groups in total. The molecule has 0 saturated carbocycles. The molecule has 1 atom stereocenters. The Morgan fingerprint density at radius 3 is 2.39 bits per heavy atom. The zero-order valence-electron chi connectivity index (χ0n) is 24.4. The minimum atomic E-state index is -3.61. The second kappa shape index (κ2) is 11.0. The van der Waals surface area contributed by atoms with Crippen LogP contribution in [0.15, 0.2) is 46.9 Å². The van der Waals surface area contributed by atoms with E-state index >= 15 is 0 Å². The highest BCUT2D eigenvalue weighted by molar-refractivity contribution is 7.92. The number of ketones is 1. The standard InChI is InChI=1S/C28H35N7O5S/c1-16-9-10-18(11-23(16)35-15-22(31-33-35)24-14-29-26(17(2)36)34(24)6)27(37)30-20-12-19(28(3,4)5)13-21(25(20)40-7)32-41(8,38)39/h9-14,22,32H,15H2,1-8H3,(H,30,37). The fourth-order valence-corrected chi connectivity index (χ4v) is 5.14. The first-order valence-electron chi connectivity index (χ1n) is 12.9. The van der Waals surface area contributed by atoms with E-state index in [1.54, 1.807) is 47.1 Å². The highest BCUT2D eigenvalue weighted by atomic mass is 32.2. The number of methoxy groups -OCH3 is 1. The molecule has 0 aliphatic carbocycles. The number of aromatic nitrogens is 2. The summed E-state index contributed by atoms with van der Waals surface area (Å²) in [4.78, 5) is 29.5. The van der Waals surface area contributed by atoms with Gasteiger partial charge in [0.2, 0.25) is 10.0 Å². The highest BCUT2D eigenvalue weighted by Crippen LogP contribution is 2.39. The third kappa shape index (κ3) is 6.40. The average Bonchev–Trinajstić information content (AvgIpc) is 3.49. The molecular weight excluding hydrogens is 546 g/mol. The van der Waals surface area contributed by atoms with E-state index in [1.807, 2.05) is 33.8 Å². The molecule has 0 fully saturated rings. The van der Waals surface area contributed by atoms with Gasteiger partial charge < -0.3 is 14.6 Å². The largest absolute Gasteiger partial charge is 0.492 e. The smallest absolute Gasteiger partial charge is 0.255 e. The zero-order valence-corrected chi connectivity index (χ0v) is 25.3. The molecule has 1 aliphatic heterocycles. The third-order valence-corrected chi connectivity index (χ3v) is 7.37. The molecule has 41 heavy (non-hydrogen) atoms. The summed E-state index contributed by atoms with van der Waals surface area (Å²) in [5, 5.41) is 13.3. The van der Waals surface area contributed by atoms with Crippen LogP contribution in [0.5, 0.6) is 5.75 Å². The van der Waals surface area contributed by atoms with Crippen LogP contribution in [0.25, 0.3) is 0 Å². The number of carbonyl (C=O) groups is 2. The van der Waals surface area contributed by atoms with Crippen molar-refractivity contribution in [2.75, 3.05) is 35.0 Å². The minimum absolute atomic E-state index is 0.135. The van der Waals surface area contributed by atoms with Crippen molar-refractivity contribution in [2.24, 2.45) is 17.4 Å². The molecule has 0 radical (unpaired) electrons. The molecule has 4 rings (SSSR count). The van der Waals surface area contributed by atoms with Gasteiger partial charge in [0.25, 0.3) is 5.91 Å². The van der Waals surface area contributed by atoms with Crippen LogP contribution in [-0.2, 0) is 22.5 Å².